The molecule has 24 heavy (non-hydrogen) atoms. The predicted molar refractivity (Wildman–Crippen MR) is 86.9 cm³/mol. The van der Waals surface area contributed by atoms with E-state index in [9.17, 15) is 9.50 Å². The summed E-state index contributed by atoms with van der Waals surface area (Å²) >= 11 is 0. The first-order valence-electron chi connectivity index (χ1n) is 7.99. The lowest BCUT2D eigenvalue weighted by atomic mass is 10.1. The van der Waals surface area contributed by atoms with Gasteiger partial charge in [0.2, 0.25) is 0 Å². The highest BCUT2D eigenvalue weighted by atomic mass is 19.1. The average Bonchev–Trinajstić information content (AvgIpc) is 2.89. The first-order valence-corrected chi connectivity index (χ1v) is 7.99. The molecule has 4 nitrogen and oxygen atoms in total. The lowest BCUT2D eigenvalue weighted by Crippen LogP contribution is -2.34. The van der Waals surface area contributed by atoms with E-state index in [1.54, 1.807) is 0 Å². The molecule has 0 unspecified atom stereocenters. The Morgan fingerprint density at radius 2 is 1.50 bits per heavy atom. The zero-order valence-corrected chi connectivity index (χ0v) is 13.3. The number of alkyl halides is 1. The van der Waals surface area contributed by atoms with Gasteiger partial charge in [-0.05, 0) is 11.1 Å². The third-order valence-corrected chi connectivity index (χ3v) is 3.95. The fourth-order valence-corrected chi connectivity index (χ4v) is 2.67. The summed E-state index contributed by atoms with van der Waals surface area (Å²) in [6.45, 7) is 0.822. The van der Waals surface area contributed by atoms with Crippen molar-refractivity contribution in [2.45, 2.75) is 37.9 Å². The number of hydrogen-bond acceptors (Lipinski definition) is 4. The van der Waals surface area contributed by atoms with E-state index in [4.69, 9.17) is 14.2 Å². The molecule has 5 heteroatoms. The summed E-state index contributed by atoms with van der Waals surface area (Å²) in [6.07, 6.45) is -4.55. The normalized spacial score (nSPS) is 26.6. The fourth-order valence-electron chi connectivity index (χ4n) is 2.67. The van der Waals surface area contributed by atoms with Crippen LogP contribution in [0.15, 0.2) is 60.7 Å². The van der Waals surface area contributed by atoms with Crippen molar-refractivity contribution in [3.63, 3.8) is 0 Å². The second-order valence-electron chi connectivity index (χ2n) is 5.77. The van der Waals surface area contributed by atoms with Gasteiger partial charge in [0, 0.05) is 0 Å². The monoisotopic (exact) mass is 332 g/mol. The lowest BCUT2D eigenvalue weighted by Gasteiger charge is -2.20. The van der Waals surface area contributed by atoms with Gasteiger partial charge in [0.05, 0.1) is 19.8 Å². The second-order valence-corrected chi connectivity index (χ2v) is 5.77. The van der Waals surface area contributed by atoms with Gasteiger partial charge >= 0.3 is 0 Å². The van der Waals surface area contributed by atoms with Crippen LogP contribution >= 0.6 is 0 Å². The molecule has 1 heterocycles. The molecule has 1 aliphatic heterocycles. The second kappa shape index (κ2) is 8.35. The third-order valence-electron chi connectivity index (χ3n) is 3.95. The topological polar surface area (TPSA) is 47.9 Å². The van der Waals surface area contributed by atoms with Crippen molar-refractivity contribution in [2.75, 3.05) is 6.61 Å². The predicted octanol–water partition coefficient (Wildman–Crippen LogP) is 2.84. The van der Waals surface area contributed by atoms with Gasteiger partial charge < -0.3 is 19.3 Å². The molecule has 0 radical (unpaired) electrons. The summed E-state index contributed by atoms with van der Waals surface area (Å²) in [5.41, 5.74) is 1.96. The van der Waals surface area contributed by atoms with Crippen LogP contribution in [0.5, 0.6) is 0 Å². The highest BCUT2D eigenvalue weighted by Crippen LogP contribution is 2.26. The molecule has 1 aliphatic rings. The van der Waals surface area contributed by atoms with Crippen LogP contribution in [0.3, 0.4) is 0 Å². The van der Waals surface area contributed by atoms with Crippen molar-refractivity contribution in [3.8, 4) is 0 Å². The lowest BCUT2D eigenvalue weighted by molar-refractivity contribution is -0.129. The van der Waals surface area contributed by atoms with E-state index in [1.165, 1.54) is 0 Å². The van der Waals surface area contributed by atoms with Gasteiger partial charge in [-0.1, -0.05) is 60.7 Å². The molecule has 2 aromatic rings. The van der Waals surface area contributed by atoms with Crippen LogP contribution in [0.25, 0.3) is 0 Å². The first-order chi connectivity index (χ1) is 11.7. The molecule has 0 saturated carbocycles. The maximum atomic E-state index is 14.1. The van der Waals surface area contributed by atoms with Crippen molar-refractivity contribution in [2.24, 2.45) is 0 Å². The van der Waals surface area contributed by atoms with E-state index < -0.39 is 24.7 Å². The minimum Gasteiger partial charge on any atom is -0.374 e. The molecule has 0 aliphatic carbocycles. The minimum absolute atomic E-state index is 0.159. The van der Waals surface area contributed by atoms with Crippen LogP contribution in [0.4, 0.5) is 4.39 Å². The van der Waals surface area contributed by atoms with Gasteiger partial charge in [-0.25, -0.2) is 4.39 Å². The van der Waals surface area contributed by atoms with Crippen molar-refractivity contribution in [1.29, 1.82) is 0 Å². The van der Waals surface area contributed by atoms with Gasteiger partial charge in [-0.2, -0.15) is 0 Å². The van der Waals surface area contributed by atoms with Gasteiger partial charge in [0.25, 0.3) is 0 Å². The first kappa shape index (κ1) is 17.0. The van der Waals surface area contributed by atoms with Crippen LogP contribution in [-0.4, -0.2) is 36.4 Å². The zero-order valence-electron chi connectivity index (χ0n) is 13.3. The number of hydrogen-bond donors (Lipinski definition) is 1. The average molecular weight is 332 g/mol. The zero-order chi connectivity index (χ0) is 16.8. The quantitative estimate of drug-likeness (QED) is 0.847. The SMILES string of the molecule is O[C@H]1O[C@H](COCc2ccccc2)[C@@H](OCc2ccccc2)[C@@H]1F. The number of benzene rings is 2. The van der Waals surface area contributed by atoms with Crippen LogP contribution in [0.2, 0.25) is 0 Å². The molecular weight excluding hydrogens is 311 g/mol. The van der Waals surface area contributed by atoms with Crippen molar-refractivity contribution in [3.05, 3.63) is 71.8 Å². The highest BCUT2D eigenvalue weighted by Gasteiger charge is 2.45. The van der Waals surface area contributed by atoms with Gasteiger partial charge in [-0.3, -0.25) is 0 Å². The summed E-state index contributed by atoms with van der Waals surface area (Å²) in [4.78, 5) is 0. The van der Waals surface area contributed by atoms with Crippen molar-refractivity contribution in [1.82, 2.24) is 0 Å². The molecule has 4 atom stereocenters. The summed E-state index contributed by atoms with van der Waals surface area (Å²) in [5.74, 6) is 0. The van der Waals surface area contributed by atoms with E-state index in [-0.39, 0.29) is 13.2 Å². The summed E-state index contributed by atoms with van der Waals surface area (Å²) in [7, 11) is 0. The molecule has 1 fully saturated rings. The maximum Gasteiger partial charge on any atom is 0.189 e. The molecule has 1 saturated heterocycles. The maximum absolute atomic E-state index is 14.1. The van der Waals surface area contributed by atoms with Crippen molar-refractivity contribution >= 4 is 0 Å². The Morgan fingerprint density at radius 1 is 0.917 bits per heavy atom. The molecule has 0 aromatic heterocycles. The Hall–Kier alpha value is -1.79. The Balaban J connectivity index is 1.52. The minimum atomic E-state index is -1.58. The van der Waals surface area contributed by atoms with Crippen molar-refractivity contribution < 1.29 is 23.7 Å². The molecule has 1 N–H and O–H groups in total. The van der Waals surface area contributed by atoms with Gasteiger partial charge in [-0.15, -0.1) is 0 Å². The number of halogens is 1. The number of aliphatic hydroxyl groups excluding tert-OH is 1. The van der Waals surface area contributed by atoms with Gasteiger partial charge in [0.1, 0.15) is 12.2 Å². The molecule has 0 bridgehead atoms. The van der Waals surface area contributed by atoms with E-state index >= 15 is 0 Å². The number of rotatable bonds is 7. The standard InChI is InChI=1S/C19H21FO4/c20-17-18(23-12-15-9-5-2-6-10-15)16(24-19(17)21)13-22-11-14-7-3-1-4-8-14/h1-10,16-19,21H,11-13H2/t16-,17+,18-,19+/m1/s1. The molecular formula is C19H21FO4. The smallest absolute Gasteiger partial charge is 0.189 e. The van der Waals surface area contributed by atoms with Crippen LogP contribution in [-0.2, 0) is 27.4 Å². The fraction of sp³-hybridized carbons (Fsp3) is 0.368. The summed E-state index contributed by atoms with van der Waals surface area (Å²) in [6, 6.07) is 19.2. The van der Waals surface area contributed by atoms with E-state index in [2.05, 4.69) is 0 Å². The molecule has 2 aromatic carbocycles. The Labute approximate surface area is 140 Å². The molecule has 128 valence electrons. The highest BCUT2D eigenvalue weighted by molar-refractivity contribution is 5.14. The Morgan fingerprint density at radius 3 is 2.12 bits per heavy atom. The molecule has 0 spiro atoms. The van der Waals surface area contributed by atoms with Crippen LogP contribution in [0.1, 0.15) is 11.1 Å². The number of aliphatic hydroxyl groups is 1. The van der Waals surface area contributed by atoms with E-state index in [1.807, 2.05) is 60.7 Å². The summed E-state index contributed by atoms with van der Waals surface area (Å²) < 4.78 is 30.6. The number of ether oxygens (including phenoxy) is 3. The third kappa shape index (κ3) is 4.39. The van der Waals surface area contributed by atoms with E-state index in [0.29, 0.717) is 6.61 Å². The van der Waals surface area contributed by atoms with Crippen LogP contribution < -0.4 is 0 Å². The Kier molecular flexibility index (Phi) is 5.93. The van der Waals surface area contributed by atoms with Crippen LogP contribution in [0, 0.1) is 0 Å². The van der Waals surface area contributed by atoms with Gasteiger partial charge in [0.15, 0.2) is 12.5 Å². The van der Waals surface area contributed by atoms with E-state index in [0.717, 1.165) is 11.1 Å². The largest absolute Gasteiger partial charge is 0.374 e. The summed E-state index contributed by atoms with van der Waals surface area (Å²) in [5, 5.41) is 9.62. The molecule has 3 rings (SSSR count). The molecule has 0 amide bonds. The Bertz CT molecular complexity index is 607.